The Morgan fingerprint density at radius 2 is 2.00 bits per heavy atom. The molecule has 0 unspecified atom stereocenters. The third kappa shape index (κ3) is 3.95. The molecule has 2 rings (SSSR count). The third-order valence-corrected chi connectivity index (χ3v) is 2.63. The zero-order chi connectivity index (χ0) is 15.2. The van der Waals surface area contributed by atoms with E-state index in [9.17, 15) is 13.6 Å². The molecule has 1 aromatic heterocycles. The van der Waals surface area contributed by atoms with Gasteiger partial charge >= 0.3 is 0 Å². The predicted molar refractivity (Wildman–Crippen MR) is 75.1 cm³/mol. The Kier molecular flexibility index (Phi) is 4.76. The second kappa shape index (κ2) is 6.74. The molecule has 0 aliphatic heterocycles. The van der Waals surface area contributed by atoms with Crippen LogP contribution in [0.3, 0.4) is 0 Å². The highest BCUT2D eigenvalue weighted by Gasteiger charge is 2.10. The fourth-order valence-corrected chi connectivity index (χ4v) is 1.60. The van der Waals surface area contributed by atoms with E-state index in [0.717, 1.165) is 25.1 Å². The Hall–Kier alpha value is -2.57. The maximum Gasteiger partial charge on any atom is 0.274 e. The van der Waals surface area contributed by atoms with Gasteiger partial charge in [0.15, 0.2) is 11.6 Å². The van der Waals surface area contributed by atoms with Crippen LogP contribution in [-0.4, -0.2) is 22.4 Å². The Balaban J connectivity index is 2.10. The van der Waals surface area contributed by atoms with E-state index < -0.39 is 17.5 Å². The lowest BCUT2D eigenvalue weighted by Crippen LogP contribution is -2.15. The molecule has 1 aromatic carbocycles. The first-order chi connectivity index (χ1) is 10.1. The number of hydrogen-bond acceptors (Lipinski definition) is 4. The summed E-state index contributed by atoms with van der Waals surface area (Å²) in [5, 5.41) is 5.48. The van der Waals surface area contributed by atoms with Gasteiger partial charge in [-0.15, -0.1) is 0 Å². The summed E-state index contributed by atoms with van der Waals surface area (Å²) in [5.41, 5.74) is 0.286. The van der Waals surface area contributed by atoms with Crippen molar-refractivity contribution in [2.24, 2.45) is 0 Å². The lowest BCUT2D eigenvalue weighted by Gasteiger charge is -2.07. The molecule has 0 bridgehead atoms. The van der Waals surface area contributed by atoms with Gasteiger partial charge in [0.2, 0.25) is 0 Å². The molecule has 0 spiro atoms. The van der Waals surface area contributed by atoms with Crippen molar-refractivity contribution >= 4 is 17.4 Å². The smallest absolute Gasteiger partial charge is 0.274 e. The molecule has 0 fully saturated rings. The quantitative estimate of drug-likeness (QED) is 0.889. The molecular weight excluding hydrogens is 278 g/mol. The normalized spacial score (nSPS) is 10.2. The van der Waals surface area contributed by atoms with Crippen molar-refractivity contribution < 1.29 is 13.6 Å². The molecule has 0 atom stereocenters. The van der Waals surface area contributed by atoms with Crippen LogP contribution in [0, 0.1) is 11.6 Å². The van der Waals surface area contributed by atoms with Gasteiger partial charge in [-0.3, -0.25) is 4.79 Å². The first-order valence-electron chi connectivity index (χ1n) is 6.42. The lowest BCUT2D eigenvalue weighted by molar-refractivity contribution is 0.102. The highest BCUT2D eigenvalue weighted by molar-refractivity contribution is 6.03. The van der Waals surface area contributed by atoms with Crippen LogP contribution in [0.1, 0.15) is 23.8 Å². The van der Waals surface area contributed by atoms with Gasteiger partial charge in [0, 0.05) is 24.4 Å². The summed E-state index contributed by atoms with van der Waals surface area (Å²) in [6.45, 7) is 2.73. The molecule has 21 heavy (non-hydrogen) atoms. The average Bonchev–Trinajstić information content (AvgIpc) is 2.49. The number of carbonyl (C=O) groups is 1. The molecule has 2 aromatic rings. The summed E-state index contributed by atoms with van der Waals surface area (Å²) in [5.74, 6) is -1.99. The van der Waals surface area contributed by atoms with Gasteiger partial charge in [-0.25, -0.2) is 18.7 Å². The van der Waals surface area contributed by atoms with Crippen molar-refractivity contribution in [2.75, 3.05) is 17.2 Å². The second-order valence-electron chi connectivity index (χ2n) is 4.30. The van der Waals surface area contributed by atoms with Crippen LogP contribution >= 0.6 is 0 Å². The summed E-state index contributed by atoms with van der Waals surface area (Å²) in [4.78, 5) is 19.8. The Labute approximate surface area is 120 Å². The van der Waals surface area contributed by atoms with Crippen LogP contribution in [0.5, 0.6) is 0 Å². The van der Waals surface area contributed by atoms with E-state index in [1.807, 2.05) is 6.92 Å². The van der Waals surface area contributed by atoms with E-state index in [-0.39, 0.29) is 11.4 Å². The van der Waals surface area contributed by atoms with Crippen molar-refractivity contribution in [3.05, 3.63) is 47.9 Å². The van der Waals surface area contributed by atoms with Crippen LogP contribution in [0.25, 0.3) is 0 Å². The summed E-state index contributed by atoms with van der Waals surface area (Å²) in [7, 11) is 0. The van der Waals surface area contributed by atoms with Gasteiger partial charge in [0.1, 0.15) is 17.8 Å². The number of aromatic nitrogens is 2. The molecule has 0 aliphatic carbocycles. The minimum atomic E-state index is -1.03. The minimum absolute atomic E-state index is 0.133. The maximum atomic E-state index is 13.1. The zero-order valence-corrected chi connectivity index (χ0v) is 11.4. The van der Waals surface area contributed by atoms with Crippen molar-refractivity contribution in [1.82, 2.24) is 9.97 Å². The Bertz CT molecular complexity index is 649. The largest absolute Gasteiger partial charge is 0.370 e. The molecule has 0 radical (unpaired) electrons. The first kappa shape index (κ1) is 14.8. The molecule has 1 amide bonds. The highest BCUT2D eigenvalue weighted by Crippen LogP contribution is 2.14. The molecule has 5 nitrogen and oxygen atoms in total. The fraction of sp³-hybridized carbons (Fsp3) is 0.214. The third-order valence-electron chi connectivity index (χ3n) is 2.63. The molecule has 0 aliphatic rings. The van der Waals surface area contributed by atoms with Gasteiger partial charge in [0.05, 0.1) is 0 Å². The van der Waals surface area contributed by atoms with Crippen LogP contribution in [-0.2, 0) is 0 Å². The van der Waals surface area contributed by atoms with Crippen LogP contribution in [0.2, 0.25) is 0 Å². The number of nitrogens with one attached hydrogen (secondary N) is 2. The fourth-order valence-electron chi connectivity index (χ4n) is 1.60. The highest BCUT2D eigenvalue weighted by atomic mass is 19.2. The van der Waals surface area contributed by atoms with Gasteiger partial charge in [0.25, 0.3) is 5.91 Å². The van der Waals surface area contributed by atoms with Crippen LogP contribution in [0.15, 0.2) is 30.6 Å². The maximum absolute atomic E-state index is 13.1. The Morgan fingerprint density at radius 1 is 1.19 bits per heavy atom. The monoisotopic (exact) mass is 292 g/mol. The topological polar surface area (TPSA) is 66.9 Å². The number of amides is 1. The molecular formula is C14H14F2N4O. The van der Waals surface area contributed by atoms with Crippen molar-refractivity contribution in [3.63, 3.8) is 0 Å². The van der Waals surface area contributed by atoms with Crippen molar-refractivity contribution in [1.29, 1.82) is 0 Å². The molecule has 110 valence electrons. The van der Waals surface area contributed by atoms with Crippen LogP contribution in [0.4, 0.5) is 20.3 Å². The van der Waals surface area contributed by atoms with E-state index in [1.165, 1.54) is 18.5 Å². The number of nitrogens with zero attached hydrogens (tertiary/aromatic N) is 2. The molecule has 2 N–H and O–H groups in total. The summed E-state index contributed by atoms with van der Waals surface area (Å²) in [6, 6.07) is 4.61. The van der Waals surface area contributed by atoms with Gasteiger partial charge in [-0.1, -0.05) is 6.92 Å². The number of carbonyl (C=O) groups excluding carboxylic acids is 1. The van der Waals surface area contributed by atoms with Gasteiger partial charge in [-0.05, 0) is 18.6 Å². The van der Waals surface area contributed by atoms with E-state index in [0.29, 0.717) is 5.82 Å². The molecule has 0 saturated carbocycles. The number of hydrogen-bond donors (Lipinski definition) is 2. The Morgan fingerprint density at radius 3 is 2.71 bits per heavy atom. The SMILES string of the molecule is CCCNc1cc(C(=O)Nc2ccc(F)c(F)c2)ncn1. The first-order valence-corrected chi connectivity index (χ1v) is 6.42. The van der Waals surface area contributed by atoms with E-state index >= 15 is 0 Å². The second-order valence-corrected chi connectivity index (χ2v) is 4.30. The summed E-state index contributed by atoms with van der Waals surface area (Å²) >= 11 is 0. The molecule has 7 heteroatoms. The van der Waals surface area contributed by atoms with Crippen molar-refractivity contribution in [2.45, 2.75) is 13.3 Å². The van der Waals surface area contributed by atoms with E-state index in [4.69, 9.17) is 0 Å². The predicted octanol–water partition coefficient (Wildman–Crippen LogP) is 2.83. The van der Waals surface area contributed by atoms with E-state index in [2.05, 4.69) is 20.6 Å². The number of rotatable bonds is 5. The average molecular weight is 292 g/mol. The number of benzene rings is 1. The van der Waals surface area contributed by atoms with E-state index in [1.54, 1.807) is 0 Å². The standard InChI is InChI=1S/C14H14F2N4O/c1-2-5-17-13-7-12(18-8-19-13)14(21)20-9-3-4-10(15)11(16)6-9/h3-4,6-8H,2,5H2,1H3,(H,20,21)(H,17,18,19). The molecule has 0 saturated heterocycles. The van der Waals surface area contributed by atoms with Gasteiger partial charge in [-0.2, -0.15) is 0 Å². The number of anilines is 2. The lowest BCUT2D eigenvalue weighted by atomic mass is 10.3. The van der Waals surface area contributed by atoms with Crippen LogP contribution < -0.4 is 10.6 Å². The summed E-state index contributed by atoms with van der Waals surface area (Å²) < 4.78 is 25.9. The zero-order valence-electron chi connectivity index (χ0n) is 11.4. The molecule has 1 heterocycles. The summed E-state index contributed by atoms with van der Waals surface area (Å²) in [6.07, 6.45) is 2.18. The van der Waals surface area contributed by atoms with Crippen molar-refractivity contribution in [3.8, 4) is 0 Å². The van der Waals surface area contributed by atoms with Gasteiger partial charge < -0.3 is 10.6 Å². The number of halogens is 2. The minimum Gasteiger partial charge on any atom is -0.370 e.